The van der Waals surface area contributed by atoms with Crippen LogP contribution in [0.3, 0.4) is 0 Å². The van der Waals surface area contributed by atoms with Gasteiger partial charge in [-0.1, -0.05) is 0 Å². The molecule has 0 aliphatic rings. The average molecular weight is 135 g/mol. The third kappa shape index (κ3) is 6.39. The predicted molar refractivity (Wildman–Crippen MR) is 44.6 cm³/mol. The molecule has 1 nitrogen and oxygen atoms in total. The molecule has 52 valence electrons. The Hall–Kier alpha value is 0.390. The summed E-state index contributed by atoms with van der Waals surface area (Å²) >= 11 is 0. The third-order valence-electron chi connectivity index (χ3n) is 0.905. The van der Waals surface area contributed by atoms with E-state index in [2.05, 4.69) is 32.2 Å². The molecule has 8 heavy (non-hydrogen) atoms. The van der Waals surface area contributed by atoms with Crippen molar-refractivity contribution < 1.29 is 0 Å². The number of hydrogen-bond donors (Lipinski definition) is 1. The second-order valence-corrected chi connectivity index (χ2v) is 8.82. The van der Waals surface area contributed by atoms with Crippen molar-refractivity contribution in [2.75, 3.05) is 32.8 Å². The summed E-state index contributed by atoms with van der Waals surface area (Å²) in [5.74, 6) is 0. The van der Waals surface area contributed by atoms with Gasteiger partial charge in [-0.05, 0) is 0 Å². The zero-order valence-electron chi connectivity index (χ0n) is 6.41. The Morgan fingerprint density at radius 2 is 1.75 bits per heavy atom. The van der Waals surface area contributed by atoms with Gasteiger partial charge in [0.1, 0.15) is 0 Å². The molecule has 0 aromatic heterocycles. The summed E-state index contributed by atoms with van der Waals surface area (Å²) in [6, 6.07) is 0. The van der Waals surface area contributed by atoms with Crippen LogP contribution < -0.4 is 5.32 Å². The van der Waals surface area contributed by atoms with Crippen LogP contribution in [-0.4, -0.2) is 32.8 Å². The Morgan fingerprint density at radius 1 is 1.25 bits per heavy atom. The van der Waals surface area contributed by atoms with E-state index in [0.717, 1.165) is 6.54 Å². The van der Waals surface area contributed by atoms with E-state index in [-0.39, 0.29) is 0 Å². The molecule has 0 saturated heterocycles. The van der Waals surface area contributed by atoms with Gasteiger partial charge in [0, 0.05) is 0 Å². The third-order valence-corrected chi connectivity index (χ3v) is 2.22. The fourth-order valence-corrected chi connectivity index (χ4v) is 1.50. The molecule has 0 unspecified atom stereocenters. The number of rotatable bonds is 3. The van der Waals surface area contributed by atoms with E-state index < -0.39 is 7.26 Å². The van der Waals surface area contributed by atoms with Gasteiger partial charge in [0.25, 0.3) is 0 Å². The summed E-state index contributed by atoms with van der Waals surface area (Å²) in [4.78, 5) is 0. The molecule has 0 fully saturated rings. The SMILES string of the molecule is CCNC[PH](C)(C)C. The molecule has 0 heterocycles. The van der Waals surface area contributed by atoms with Crippen LogP contribution in [0.4, 0.5) is 0 Å². The molecular formula is C6H18NP. The van der Waals surface area contributed by atoms with E-state index in [1.54, 1.807) is 0 Å². The van der Waals surface area contributed by atoms with Crippen LogP contribution in [0.5, 0.6) is 0 Å². The normalized spacial score (nSPS) is 14.0. The minimum absolute atomic E-state index is 0.789. The van der Waals surface area contributed by atoms with Crippen LogP contribution in [0, 0.1) is 0 Å². The van der Waals surface area contributed by atoms with Gasteiger partial charge in [0.05, 0.1) is 0 Å². The van der Waals surface area contributed by atoms with Gasteiger partial charge in [-0.2, -0.15) is 0 Å². The first-order valence-corrected chi connectivity index (χ1v) is 6.97. The van der Waals surface area contributed by atoms with Crippen LogP contribution in [0.2, 0.25) is 0 Å². The Bertz CT molecular complexity index is 56.0. The van der Waals surface area contributed by atoms with E-state index in [9.17, 15) is 0 Å². The van der Waals surface area contributed by atoms with Gasteiger partial charge in [0.15, 0.2) is 0 Å². The summed E-state index contributed by atoms with van der Waals surface area (Å²) in [7, 11) is -0.789. The molecule has 0 atom stereocenters. The zero-order valence-corrected chi connectivity index (χ0v) is 7.41. The first kappa shape index (κ1) is 8.39. The number of nitrogens with one attached hydrogen (secondary N) is 1. The van der Waals surface area contributed by atoms with Gasteiger partial charge in [0.2, 0.25) is 0 Å². The van der Waals surface area contributed by atoms with Crippen LogP contribution >= 0.6 is 7.26 Å². The second-order valence-electron chi connectivity index (χ2n) is 3.34. The summed E-state index contributed by atoms with van der Waals surface area (Å²) in [5, 5.41) is 3.35. The quantitative estimate of drug-likeness (QED) is 0.573. The van der Waals surface area contributed by atoms with Gasteiger partial charge in [-0.15, -0.1) is 0 Å². The molecule has 1 N–H and O–H groups in total. The van der Waals surface area contributed by atoms with Gasteiger partial charge in [-0.25, -0.2) is 0 Å². The van der Waals surface area contributed by atoms with Crippen molar-refractivity contribution in [1.82, 2.24) is 5.32 Å². The van der Waals surface area contributed by atoms with Crippen LogP contribution in [0.15, 0.2) is 0 Å². The van der Waals surface area contributed by atoms with E-state index in [1.807, 2.05) is 0 Å². The van der Waals surface area contributed by atoms with E-state index in [0.29, 0.717) is 0 Å². The Labute approximate surface area is 53.2 Å². The average Bonchev–Trinajstić information content (AvgIpc) is 1.59. The Balaban J connectivity index is 3.11. The minimum atomic E-state index is -0.789. The standard InChI is InChI=1S/C6H18NP/c1-5-7-6-8(2,3)4/h7-8H,5-6H2,1-4H3. The zero-order chi connectivity index (χ0) is 6.62. The summed E-state index contributed by atoms with van der Waals surface area (Å²) in [5.41, 5.74) is 0. The molecule has 0 aliphatic carbocycles. The van der Waals surface area contributed by atoms with Gasteiger partial charge >= 0.3 is 52.3 Å². The fraction of sp³-hybridized carbons (Fsp3) is 1.00. The molecule has 2 heteroatoms. The van der Waals surface area contributed by atoms with Crippen LogP contribution in [0.1, 0.15) is 6.92 Å². The van der Waals surface area contributed by atoms with Crippen LogP contribution in [-0.2, 0) is 0 Å². The van der Waals surface area contributed by atoms with Crippen molar-refractivity contribution in [3.63, 3.8) is 0 Å². The summed E-state index contributed by atoms with van der Waals surface area (Å²) < 4.78 is 0. The van der Waals surface area contributed by atoms with Crippen molar-refractivity contribution in [2.24, 2.45) is 0 Å². The first-order valence-electron chi connectivity index (χ1n) is 3.27. The molecule has 0 rings (SSSR count). The molecule has 0 spiro atoms. The maximum atomic E-state index is 3.35. The molecule has 0 aromatic rings. The van der Waals surface area contributed by atoms with Gasteiger partial charge in [-0.3, -0.25) is 0 Å². The van der Waals surface area contributed by atoms with Crippen molar-refractivity contribution in [3.8, 4) is 0 Å². The first-order chi connectivity index (χ1) is 3.56. The molecule has 0 aromatic carbocycles. The van der Waals surface area contributed by atoms with Gasteiger partial charge < -0.3 is 0 Å². The summed E-state index contributed by atoms with van der Waals surface area (Å²) in [6.45, 7) is 10.4. The van der Waals surface area contributed by atoms with Crippen molar-refractivity contribution in [1.29, 1.82) is 0 Å². The molecule has 0 bridgehead atoms. The summed E-state index contributed by atoms with van der Waals surface area (Å²) in [6.07, 6.45) is 1.25. The Morgan fingerprint density at radius 3 is 1.88 bits per heavy atom. The van der Waals surface area contributed by atoms with Crippen molar-refractivity contribution in [2.45, 2.75) is 6.92 Å². The molecule has 0 aliphatic heterocycles. The molecule has 0 amide bonds. The molecular weight excluding hydrogens is 117 g/mol. The van der Waals surface area contributed by atoms with Crippen molar-refractivity contribution in [3.05, 3.63) is 0 Å². The number of hydrogen-bond acceptors (Lipinski definition) is 1. The maximum absolute atomic E-state index is 3.35. The van der Waals surface area contributed by atoms with E-state index >= 15 is 0 Å². The monoisotopic (exact) mass is 135 g/mol. The molecule has 0 radical (unpaired) electrons. The van der Waals surface area contributed by atoms with E-state index in [4.69, 9.17) is 0 Å². The topological polar surface area (TPSA) is 12.0 Å². The fourth-order valence-electron chi connectivity index (χ4n) is 0.500. The van der Waals surface area contributed by atoms with Crippen molar-refractivity contribution >= 4 is 7.26 Å². The van der Waals surface area contributed by atoms with E-state index in [1.165, 1.54) is 6.29 Å². The Kier molecular flexibility index (Phi) is 3.59. The van der Waals surface area contributed by atoms with Crippen LogP contribution in [0.25, 0.3) is 0 Å². The molecule has 0 saturated carbocycles. The predicted octanol–water partition coefficient (Wildman–Crippen LogP) is 1.19. The second kappa shape index (κ2) is 3.42.